The Bertz CT molecular complexity index is 751. The number of pyridine rings is 1. The number of aromatic amines is 1. The van der Waals surface area contributed by atoms with E-state index in [0.29, 0.717) is 16.3 Å². The molecule has 2 heterocycles. The van der Waals surface area contributed by atoms with Crippen LogP contribution in [0.3, 0.4) is 0 Å². The highest BCUT2D eigenvalue weighted by molar-refractivity contribution is 6.30. The van der Waals surface area contributed by atoms with Crippen molar-refractivity contribution in [2.75, 3.05) is 5.32 Å². The molecule has 0 fully saturated rings. The monoisotopic (exact) mass is 271 g/mol. The molecule has 0 aliphatic rings. The predicted molar refractivity (Wildman–Crippen MR) is 75.5 cm³/mol. The van der Waals surface area contributed by atoms with Crippen LogP contribution in [0.25, 0.3) is 10.9 Å². The summed E-state index contributed by atoms with van der Waals surface area (Å²) in [6.07, 6.45) is 4.88. The Kier molecular flexibility index (Phi) is 2.93. The fourth-order valence-electron chi connectivity index (χ4n) is 1.96. The highest BCUT2D eigenvalue weighted by atomic mass is 35.5. The van der Waals surface area contributed by atoms with Crippen molar-refractivity contribution in [3.8, 4) is 0 Å². The molecule has 3 rings (SSSR count). The number of H-pyrrole nitrogens is 1. The van der Waals surface area contributed by atoms with E-state index in [1.165, 1.54) is 6.20 Å². The minimum absolute atomic E-state index is 0.186. The number of benzene rings is 1. The molecule has 2 aromatic heterocycles. The van der Waals surface area contributed by atoms with Crippen LogP contribution < -0.4 is 5.32 Å². The van der Waals surface area contributed by atoms with Gasteiger partial charge < -0.3 is 10.3 Å². The van der Waals surface area contributed by atoms with Gasteiger partial charge in [0.2, 0.25) is 0 Å². The second-order valence-corrected chi connectivity index (χ2v) is 4.53. The van der Waals surface area contributed by atoms with Gasteiger partial charge in [-0.25, -0.2) is 0 Å². The van der Waals surface area contributed by atoms with E-state index in [4.69, 9.17) is 11.6 Å². The first kappa shape index (κ1) is 11.7. The first-order valence-electron chi connectivity index (χ1n) is 5.72. The van der Waals surface area contributed by atoms with Gasteiger partial charge in [-0.05, 0) is 24.3 Å². The van der Waals surface area contributed by atoms with Gasteiger partial charge in [0.15, 0.2) is 0 Å². The Morgan fingerprint density at radius 2 is 2.16 bits per heavy atom. The van der Waals surface area contributed by atoms with E-state index in [-0.39, 0.29) is 5.91 Å². The maximum Gasteiger partial charge on any atom is 0.256 e. The second-order valence-electron chi connectivity index (χ2n) is 4.09. The van der Waals surface area contributed by atoms with Crippen molar-refractivity contribution in [1.29, 1.82) is 0 Å². The number of halogens is 1. The third kappa shape index (κ3) is 2.30. The molecule has 0 unspecified atom stereocenters. The quantitative estimate of drug-likeness (QED) is 0.750. The number of nitrogens with one attached hydrogen (secondary N) is 2. The molecule has 0 radical (unpaired) electrons. The average Bonchev–Trinajstić information content (AvgIpc) is 2.86. The Hall–Kier alpha value is -2.33. The Labute approximate surface area is 114 Å². The van der Waals surface area contributed by atoms with E-state index in [0.717, 1.165) is 10.9 Å². The lowest BCUT2D eigenvalue weighted by atomic mass is 10.1. The van der Waals surface area contributed by atoms with Crippen LogP contribution in [0, 0.1) is 0 Å². The average molecular weight is 272 g/mol. The van der Waals surface area contributed by atoms with E-state index >= 15 is 0 Å². The summed E-state index contributed by atoms with van der Waals surface area (Å²) in [5.41, 5.74) is 2.11. The molecule has 0 bridgehead atoms. The van der Waals surface area contributed by atoms with E-state index in [2.05, 4.69) is 15.3 Å². The third-order valence-corrected chi connectivity index (χ3v) is 3.01. The van der Waals surface area contributed by atoms with Gasteiger partial charge >= 0.3 is 0 Å². The number of amides is 1. The minimum Gasteiger partial charge on any atom is -0.361 e. The summed E-state index contributed by atoms with van der Waals surface area (Å²) in [6.45, 7) is 0. The number of anilines is 1. The molecule has 0 aliphatic carbocycles. The van der Waals surface area contributed by atoms with Crippen LogP contribution in [-0.2, 0) is 0 Å². The van der Waals surface area contributed by atoms with Crippen LogP contribution in [0.15, 0.2) is 48.9 Å². The van der Waals surface area contributed by atoms with Gasteiger partial charge in [0, 0.05) is 28.9 Å². The fraction of sp³-hybridized carbons (Fsp3) is 0. The lowest BCUT2D eigenvalue weighted by molar-refractivity contribution is 0.102. The van der Waals surface area contributed by atoms with Crippen molar-refractivity contribution in [2.45, 2.75) is 0 Å². The number of rotatable bonds is 2. The minimum atomic E-state index is -0.186. The zero-order valence-corrected chi connectivity index (χ0v) is 10.6. The molecular formula is C14H10ClN3O. The molecule has 5 heteroatoms. The molecule has 0 spiro atoms. The third-order valence-electron chi connectivity index (χ3n) is 2.80. The van der Waals surface area contributed by atoms with E-state index < -0.39 is 0 Å². The summed E-state index contributed by atoms with van der Waals surface area (Å²) in [4.78, 5) is 19.2. The Balaban J connectivity index is 1.94. The normalized spacial score (nSPS) is 10.6. The molecule has 1 aromatic carbocycles. The van der Waals surface area contributed by atoms with Crippen LogP contribution in [-0.4, -0.2) is 15.9 Å². The first-order valence-corrected chi connectivity index (χ1v) is 6.10. The van der Waals surface area contributed by atoms with Crippen molar-refractivity contribution in [1.82, 2.24) is 9.97 Å². The smallest absolute Gasteiger partial charge is 0.256 e. The maximum atomic E-state index is 12.2. The predicted octanol–water partition coefficient (Wildman–Crippen LogP) is 3.47. The van der Waals surface area contributed by atoms with Crippen molar-refractivity contribution in [3.63, 3.8) is 0 Å². The number of carbonyl (C=O) groups excluding carboxylic acids is 1. The van der Waals surface area contributed by atoms with Gasteiger partial charge in [-0.3, -0.25) is 9.78 Å². The zero-order valence-electron chi connectivity index (χ0n) is 9.85. The Morgan fingerprint density at radius 1 is 1.26 bits per heavy atom. The number of nitrogens with zero attached hydrogens (tertiary/aromatic N) is 1. The summed E-state index contributed by atoms with van der Waals surface area (Å²) in [7, 11) is 0. The lowest BCUT2D eigenvalue weighted by Gasteiger charge is -2.06. The first-order chi connectivity index (χ1) is 9.24. The fourth-order valence-corrected chi connectivity index (χ4v) is 2.14. The molecule has 0 aliphatic heterocycles. The standard InChI is InChI=1S/C14H10ClN3O/c15-9-6-10(8-16-7-9)18-14(19)12-2-1-3-13-11(12)4-5-17-13/h1-8,17H,(H,18,19). The summed E-state index contributed by atoms with van der Waals surface area (Å²) in [5, 5.41) is 4.15. The summed E-state index contributed by atoms with van der Waals surface area (Å²) < 4.78 is 0. The molecule has 2 N–H and O–H groups in total. The zero-order chi connectivity index (χ0) is 13.2. The van der Waals surface area contributed by atoms with Crippen molar-refractivity contribution in [3.05, 3.63) is 59.5 Å². The molecule has 19 heavy (non-hydrogen) atoms. The van der Waals surface area contributed by atoms with E-state index in [1.54, 1.807) is 18.3 Å². The van der Waals surface area contributed by atoms with Crippen LogP contribution in [0.4, 0.5) is 5.69 Å². The summed E-state index contributed by atoms with van der Waals surface area (Å²) in [5.74, 6) is -0.186. The van der Waals surface area contributed by atoms with Crippen LogP contribution in [0.1, 0.15) is 10.4 Å². The van der Waals surface area contributed by atoms with Crippen LogP contribution in [0.5, 0.6) is 0 Å². The topological polar surface area (TPSA) is 57.8 Å². The SMILES string of the molecule is O=C(Nc1cncc(Cl)c1)c1cccc2[nH]ccc12. The van der Waals surface area contributed by atoms with Crippen molar-refractivity contribution < 1.29 is 4.79 Å². The van der Waals surface area contributed by atoms with Crippen molar-refractivity contribution >= 4 is 34.1 Å². The molecule has 0 saturated heterocycles. The maximum absolute atomic E-state index is 12.2. The molecule has 0 atom stereocenters. The highest BCUT2D eigenvalue weighted by Crippen LogP contribution is 2.19. The Morgan fingerprint density at radius 3 is 3.00 bits per heavy atom. The largest absolute Gasteiger partial charge is 0.361 e. The van der Waals surface area contributed by atoms with Gasteiger partial charge in [-0.2, -0.15) is 0 Å². The summed E-state index contributed by atoms with van der Waals surface area (Å²) in [6, 6.07) is 9.07. The molecule has 1 amide bonds. The van der Waals surface area contributed by atoms with Crippen LogP contribution in [0.2, 0.25) is 5.02 Å². The summed E-state index contributed by atoms with van der Waals surface area (Å²) >= 11 is 5.83. The molecule has 4 nitrogen and oxygen atoms in total. The van der Waals surface area contributed by atoms with Crippen LogP contribution >= 0.6 is 11.6 Å². The van der Waals surface area contributed by atoms with Crippen molar-refractivity contribution in [2.24, 2.45) is 0 Å². The highest BCUT2D eigenvalue weighted by Gasteiger charge is 2.10. The number of fused-ring (bicyclic) bond motifs is 1. The van der Waals surface area contributed by atoms with E-state index in [1.807, 2.05) is 24.4 Å². The number of carbonyl (C=O) groups is 1. The lowest BCUT2D eigenvalue weighted by Crippen LogP contribution is -2.12. The van der Waals surface area contributed by atoms with Gasteiger partial charge in [0.1, 0.15) is 0 Å². The van der Waals surface area contributed by atoms with Gasteiger partial charge in [0.25, 0.3) is 5.91 Å². The van der Waals surface area contributed by atoms with E-state index in [9.17, 15) is 4.79 Å². The molecular weight excluding hydrogens is 262 g/mol. The number of hydrogen-bond donors (Lipinski definition) is 2. The number of hydrogen-bond acceptors (Lipinski definition) is 2. The molecule has 0 saturated carbocycles. The van der Waals surface area contributed by atoms with Gasteiger partial charge in [0.05, 0.1) is 16.9 Å². The molecule has 3 aromatic rings. The van der Waals surface area contributed by atoms with Gasteiger partial charge in [-0.1, -0.05) is 17.7 Å². The van der Waals surface area contributed by atoms with Gasteiger partial charge in [-0.15, -0.1) is 0 Å². The second kappa shape index (κ2) is 4.74. The molecule has 94 valence electrons. The number of aromatic nitrogens is 2.